The second-order valence-corrected chi connectivity index (χ2v) is 10.6. The molecular weight excluding hydrogens is 432 g/mol. The Labute approximate surface area is 196 Å². The van der Waals surface area contributed by atoms with Gasteiger partial charge < -0.3 is 4.90 Å². The molecule has 0 atom stereocenters. The number of benzene rings is 3. The van der Waals surface area contributed by atoms with Gasteiger partial charge in [0.05, 0.1) is 17.1 Å². The lowest BCUT2D eigenvalue weighted by molar-refractivity contribution is 0.465. The molecule has 0 spiro atoms. The van der Waals surface area contributed by atoms with E-state index in [-0.39, 0.29) is 6.54 Å². The summed E-state index contributed by atoms with van der Waals surface area (Å²) in [5.74, 6) is 0. The van der Waals surface area contributed by atoms with Gasteiger partial charge in [-0.1, -0.05) is 54.6 Å². The van der Waals surface area contributed by atoms with E-state index in [4.69, 9.17) is 0 Å². The van der Waals surface area contributed by atoms with E-state index in [1.165, 1.54) is 4.31 Å². The first kappa shape index (κ1) is 23.0. The highest BCUT2D eigenvalue weighted by molar-refractivity contribution is 7.89. The van der Waals surface area contributed by atoms with Crippen molar-refractivity contribution >= 4 is 26.5 Å². The van der Waals surface area contributed by atoms with Crippen molar-refractivity contribution in [3.63, 3.8) is 0 Å². The van der Waals surface area contributed by atoms with Crippen LogP contribution in [0, 0.1) is 13.8 Å². The van der Waals surface area contributed by atoms with Gasteiger partial charge in [-0.25, -0.2) is 8.42 Å². The van der Waals surface area contributed by atoms with Crippen molar-refractivity contribution in [2.24, 2.45) is 0 Å². The lowest BCUT2D eigenvalue weighted by atomic mass is 10.1. The van der Waals surface area contributed by atoms with Gasteiger partial charge in [-0.2, -0.15) is 9.40 Å². The average Bonchev–Trinajstić information content (AvgIpc) is 3.06. The maximum Gasteiger partial charge on any atom is 0.243 e. The molecule has 1 heterocycles. The molecule has 0 aliphatic rings. The van der Waals surface area contributed by atoms with E-state index in [2.05, 4.69) is 17.2 Å². The van der Waals surface area contributed by atoms with E-state index in [0.29, 0.717) is 11.4 Å². The Hall–Kier alpha value is -3.16. The number of hydrogen-bond acceptors (Lipinski definition) is 4. The molecule has 0 unspecified atom stereocenters. The van der Waals surface area contributed by atoms with Crippen molar-refractivity contribution in [3.05, 3.63) is 89.2 Å². The Bertz CT molecular complexity index is 1390. The van der Waals surface area contributed by atoms with Crippen LogP contribution in [0.15, 0.2) is 71.6 Å². The number of anilines is 1. The zero-order valence-corrected chi connectivity index (χ0v) is 20.6. The number of sulfonamides is 1. The maximum absolute atomic E-state index is 13.6. The first-order valence-electron chi connectivity index (χ1n) is 10.9. The van der Waals surface area contributed by atoms with E-state index in [1.54, 1.807) is 13.1 Å². The topological polar surface area (TPSA) is 58.4 Å². The summed E-state index contributed by atoms with van der Waals surface area (Å²) in [4.78, 5) is 2.31. The molecule has 0 radical (unpaired) electrons. The quantitative estimate of drug-likeness (QED) is 0.403. The molecule has 0 bridgehead atoms. The molecular formula is C26H30N4O2S. The predicted octanol–water partition coefficient (Wildman–Crippen LogP) is 4.59. The standard InChI is InChI=1S/C26H30N4O2S/c1-19-24(20(2)30(27-19)17-21-11-7-6-8-12-21)18-29(5)33(31,32)26-16-10-13-22-23(26)14-9-15-25(22)28(3)4/h6-16H,17-18H2,1-5H3. The van der Waals surface area contributed by atoms with Crippen LogP contribution in [0.1, 0.15) is 22.5 Å². The second kappa shape index (κ2) is 9.00. The number of hydrogen-bond donors (Lipinski definition) is 0. The fraction of sp³-hybridized carbons (Fsp3) is 0.269. The van der Waals surface area contributed by atoms with Gasteiger partial charge in [0.2, 0.25) is 10.0 Å². The summed E-state index contributed by atoms with van der Waals surface area (Å²) in [6, 6.07) is 21.4. The van der Waals surface area contributed by atoms with Crippen LogP contribution in [0.4, 0.5) is 5.69 Å². The third-order valence-electron chi connectivity index (χ3n) is 6.12. The third-order valence-corrected chi connectivity index (χ3v) is 7.98. The fourth-order valence-electron chi connectivity index (χ4n) is 4.23. The highest BCUT2D eigenvalue weighted by atomic mass is 32.2. The molecule has 33 heavy (non-hydrogen) atoms. The van der Waals surface area contributed by atoms with Gasteiger partial charge in [0, 0.05) is 55.4 Å². The number of aromatic nitrogens is 2. The second-order valence-electron chi connectivity index (χ2n) is 8.58. The fourth-order valence-corrected chi connectivity index (χ4v) is 5.57. The Morgan fingerprint density at radius 1 is 0.848 bits per heavy atom. The van der Waals surface area contributed by atoms with E-state index in [9.17, 15) is 8.42 Å². The van der Waals surface area contributed by atoms with Gasteiger partial charge in [0.25, 0.3) is 0 Å². The van der Waals surface area contributed by atoms with Crippen LogP contribution in [0.2, 0.25) is 0 Å². The van der Waals surface area contributed by atoms with Gasteiger partial charge in [0.15, 0.2) is 0 Å². The van der Waals surface area contributed by atoms with Crippen LogP contribution in [-0.4, -0.2) is 43.6 Å². The smallest absolute Gasteiger partial charge is 0.243 e. The van der Waals surface area contributed by atoms with Crippen LogP contribution in [-0.2, 0) is 23.1 Å². The Morgan fingerprint density at radius 2 is 1.52 bits per heavy atom. The monoisotopic (exact) mass is 462 g/mol. The Balaban J connectivity index is 1.67. The van der Waals surface area contributed by atoms with E-state index < -0.39 is 10.0 Å². The number of aryl methyl sites for hydroxylation is 1. The molecule has 0 aliphatic heterocycles. The predicted molar refractivity (Wildman–Crippen MR) is 134 cm³/mol. The van der Waals surface area contributed by atoms with Gasteiger partial charge >= 0.3 is 0 Å². The molecule has 3 aromatic carbocycles. The highest BCUT2D eigenvalue weighted by Crippen LogP contribution is 2.32. The summed E-state index contributed by atoms with van der Waals surface area (Å²) in [6.45, 7) is 4.85. The molecule has 0 aliphatic carbocycles. The lowest BCUT2D eigenvalue weighted by Crippen LogP contribution is -2.27. The molecule has 0 N–H and O–H groups in total. The molecule has 4 aromatic rings. The van der Waals surface area contributed by atoms with E-state index in [1.807, 2.05) is 86.1 Å². The van der Waals surface area contributed by atoms with Crippen molar-refractivity contribution in [2.45, 2.75) is 31.8 Å². The van der Waals surface area contributed by atoms with Gasteiger partial charge in [-0.15, -0.1) is 0 Å². The van der Waals surface area contributed by atoms with Gasteiger partial charge in [-0.05, 0) is 31.5 Å². The van der Waals surface area contributed by atoms with Gasteiger partial charge in [0.1, 0.15) is 0 Å². The zero-order chi connectivity index (χ0) is 23.8. The molecule has 1 aromatic heterocycles. The molecule has 6 nitrogen and oxygen atoms in total. The van der Waals surface area contributed by atoms with E-state index in [0.717, 1.165) is 39.0 Å². The number of nitrogens with zero attached hydrogens (tertiary/aromatic N) is 4. The lowest BCUT2D eigenvalue weighted by Gasteiger charge is -2.21. The number of fused-ring (bicyclic) bond motifs is 1. The Kier molecular flexibility index (Phi) is 6.28. The minimum Gasteiger partial charge on any atom is -0.377 e. The van der Waals surface area contributed by atoms with Crippen LogP contribution in [0.5, 0.6) is 0 Å². The molecule has 0 saturated carbocycles. The first-order valence-corrected chi connectivity index (χ1v) is 12.4. The molecule has 0 saturated heterocycles. The molecule has 4 rings (SSSR count). The van der Waals surface area contributed by atoms with Crippen molar-refractivity contribution < 1.29 is 8.42 Å². The summed E-state index contributed by atoms with van der Waals surface area (Å²) < 4.78 is 30.6. The summed E-state index contributed by atoms with van der Waals surface area (Å²) in [7, 11) is 1.84. The normalized spacial score (nSPS) is 11.9. The molecule has 172 valence electrons. The minimum atomic E-state index is -3.71. The van der Waals surface area contributed by atoms with Gasteiger partial charge in [-0.3, -0.25) is 4.68 Å². The number of rotatable bonds is 7. The Morgan fingerprint density at radius 3 is 2.21 bits per heavy atom. The minimum absolute atomic E-state index is 0.262. The average molecular weight is 463 g/mol. The first-order chi connectivity index (χ1) is 15.7. The summed E-state index contributed by atoms with van der Waals surface area (Å²) in [5.41, 5.74) is 4.90. The summed E-state index contributed by atoms with van der Waals surface area (Å²) >= 11 is 0. The molecule has 7 heteroatoms. The van der Waals surface area contributed by atoms with Crippen LogP contribution < -0.4 is 4.90 Å². The largest absolute Gasteiger partial charge is 0.377 e. The van der Waals surface area contributed by atoms with Crippen molar-refractivity contribution in [1.29, 1.82) is 0 Å². The van der Waals surface area contributed by atoms with Crippen LogP contribution >= 0.6 is 0 Å². The van der Waals surface area contributed by atoms with Crippen LogP contribution in [0.3, 0.4) is 0 Å². The SMILES string of the molecule is Cc1nn(Cc2ccccc2)c(C)c1CN(C)S(=O)(=O)c1cccc2c(N(C)C)cccc12. The van der Waals surface area contributed by atoms with Crippen molar-refractivity contribution in [3.8, 4) is 0 Å². The zero-order valence-electron chi connectivity index (χ0n) is 19.8. The molecule has 0 amide bonds. The summed E-state index contributed by atoms with van der Waals surface area (Å²) in [6.07, 6.45) is 0. The molecule has 0 fully saturated rings. The van der Waals surface area contributed by atoms with Crippen molar-refractivity contribution in [1.82, 2.24) is 14.1 Å². The highest BCUT2D eigenvalue weighted by Gasteiger charge is 2.26. The summed E-state index contributed by atoms with van der Waals surface area (Å²) in [5, 5.41) is 6.33. The van der Waals surface area contributed by atoms with E-state index >= 15 is 0 Å². The van der Waals surface area contributed by atoms with Crippen LogP contribution in [0.25, 0.3) is 10.8 Å². The maximum atomic E-state index is 13.6. The van der Waals surface area contributed by atoms with Crippen molar-refractivity contribution in [2.75, 3.05) is 26.0 Å². The third kappa shape index (κ3) is 4.38.